The van der Waals surface area contributed by atoms with Crippen LogP contribution in [0.1, 0.15) is 24.5 Å². The van der Waals surface area contributed by atoms with Crippen LogP contribution in [0.3, 0.4) is 0 Å². The van der Waals surface area contributed by atoms with E-state index < -0.39 is 5.91 Å². The third-order valence-corrected chi connectivity index (χ3v) is 5.54. The summed E-state index contributed by atoms with van der Waals surface area (Å²) in [7, 11) is 0. The highest BCUT2D eigenvalue weighted by Crippen LogP contribution is 2.12. The molecule has 0 N–H and O–H groups in total. The number of amides is 1. The van der Waals surface area contributed by atoms with Gasteiger partial charge in [0.25, 0.3) is 11.5 Å². The molecule has 0 unspecified atom stereocenters. The molecule has 9 heteroatoms. The molecule has 3 aromatic heterocycles. The fourth-order valence-electron chi connectivity index (χ4n) is 3.64. The number of nitrogens with zero attached hydrogens (tertiary/aromatic N) is 5. The maximum absolute atomic E-state index is 13.2. The Balaban J connectivity index is 1.89. The molecule has 0 aliphatic heterocycles. The lowest BCUT2D eigenvalue weighted by atomic mass is 10.2. The Bertz CT molecular complexity index is 1590. The predicted octanol–water partition coefficient (Wildman–Crippen LogP) is 3.74. The molecule has 35 heavy (non-hydrogen) atoms. The Morgan fingerprint density at radius 2 is 2.06 bits per heavy atom. The highest BCUT2D eigenvalue weighted by molar-refractivity contribution is 6.30. The minimum atomic E-state index is -0.549. The fraction of sp³-hybridized carbons (Fsp3) is 0.192. The first kappa shape index (κ1) is 24.1. The summed E-state index contributed by atoms with van der Waals surface area (Å²) in [6.07, 6.45) is 5.14. The predicted molar refractivity (Wildman–Crippen MR) is 134 cm³/mol. The molecule has 8 nitrogen and oxygen atoms in total. The normalized spacial score (nSPS) is 12.0. The van der Waals surface area contributed by atoms with Crippen LogP contribution in [0.25, 0.3) is 22.8 Å². The van der Waals surface area contributed by atoms with E-state index in [2.05, 4.69) is 16.0 Å². The van der Waals surface area contributed by atoms with Crippen LogP contribution in [0.2, 0.25) is 5.02 Å². The van der Waals surface area contributed by atoms with Crippen molar-refractivity contribution < 1.29 is 9.53 Å². The molecule has 0 saturated carbocycles. The Hall–Kier alpha value is -4.06. The number of aryl methyl sites for hydroxylation is 1. The van der Waals surface area contributed by atoms with Crippen LogP contribution in [-0.4, -0.2) is 33.1 Å². The van der Waals surface area contributed by atoms with Crippen molar-refractivity contribution in [2.45, 2.75) is 19.9 Å². The van der Waals surface area contributed by atoms with Crippen LogP contribution in [0.4, 0.5) is 0 Å². The molecule has 4 aromatic rings. The highest BCUT2D eigenvalue weighted by Gasteiger charge is 2.14. The van der Waals surface area contributed by atoms with Gasteiger partial charge in [0.1, 0.15) is 17.4 Å². The van der Waals surface area contributed by atoms with Gasteiger partial charge in [0.05, 0.1) is 10.9 Å². The second kappa shape index (κ2) is 10.9. The third kappa shape index (κ3) is 5.38. The summed E-state index contributed by atoms with van der Waals surface area (Å²) in [6.45, 7) is 3.30. The molecule has 176 valence electrons. The first-order valence-electron chi connectivity index (χ1n) is 11.1. The molecule has 3 heterocycles. The summed E-state index contributed by atoms with van der Waals surface area (Å²) in [5.74, 6) is -0.549. The van der Waals surface area contributed by atoms with Crippen molar-refractivity contribution in [3.8, 4) is 6.07 Å². The molecular formula is C26H22ClN5O3. The number of rotatable bonds is 7. The molecule has 4 rings (SSSR count). The lowest BCUT2D eigenvalue weighted by Gasteiger charge is -2.13. The van der Waals surface area contributed by atoms with Gasteiger partial charge in [0, 0.05) is 37.1 Å². The van der Waals surface area contributed by atoms with Crippen molar-refractivity contribution in [3.05, 3.63) is 92.8 Å². The molecule has 0 fully saturated rings. The number of fused-ring (bicyclic) bond motifs is 2. The average molecular weight is 488 g/mol. The molecule has 1 aromatic carbocycles. The van der Waals surface area contributed by atoms with Crippen molar-refractivity contribution in [3.63, 3.8) is 0 Å². The van der Waals surface area contributed by atoms with Gasteiger partial charge in [-0.3, -0.25) is 14.0 Å². The number of carbonyl (C=O) groups is 1. The third-order valence-electron chi connectivity index (χ3n) is 5.29. The number of pyridine rings is 2. The molecule has 0 spiro atoms. The van der Waals surface area contributed by atoms with Crippen molar-refractivity contribution in [1.82, 2.24) is 14.0 Å². The highest BCUT2D eigenvalue weighted by atomic mass is 35.5. The average Bonchev–Trinajstić information content (AvgIpc) is 2.87. The monoisotopic (exact) mass is 487 g/mol. The van der Waals surface area contributed by atoms with Gasteiger partial charge in [0.2, 0.25) is 0 Å². The summed E-state index contributed by atoms with van der Waals surface area (Å²) >= 11 is 5.91. The Kier molecular flexibility index (Phi) is 7.51. The number of benzene rings is 1. The van der Waals surface area contributed by atoms with Gasteiger partial charge in [0.15, 0.2) is 5.49 Å². The maximum Gasteiger partial charge on any atom is 0.271 e. The first-order chi connectivity index (χ1) is 17.0. The van der Waals surface area contributed by atoms with Gasteiger partial charge >= 0.3 is 0 Å². The van der Waals surface area contributed by atoms with Crippen LogP contribution >= 0.6 is 11.6 Å². The molecular weight excluding hydrogens is 466 g/mol. The summed E-state index contributed by atoms with van der Waals surface area (Å²) < 4.78 is 8.52. The summed E-state index contributed by atoms with van der Waals surface area (Å²) in [5, 5.41) is 10.7. The van der Waals surface area contributed by atoms with E-state index in [1.54, 1.807) is 59.3 Å². The van der Waals surface area contributed by atoms with E-state index in [0.717, 1.165) is 5.56 Å². The second-order valence-electron chi connectivity index (χ2n) is 7.61. The molecule has 0 aliphatic rings. The maximum atomic E-state index is 13.2. The number of ether oxygens (including phenoxy) is 1. The lowest BCUT2D eigenvalue weighted by molar-refractivity contribution is -0.113. The molecule has 0 saturated heterocycles. The number of aromatic nitrogens is 3. The zero-order valence-electron chi connectivity index (χ0n) is 19.0. The first-order valence-corrected chi connectivity index (χ1v) is 11.4. The van der Waals surface area contributed by atoms with Crippen molar-refractivity contribution in [2.24, 2.45) is 4.99 Å². The van der Waals surface area contributed by atoms with E-state index in [4.69, 9.17) is 16.3 Å². The fourth-order valence-corrected chi connectivity index (χ4v) is 3.77. The van der Waals surface area contributed by atoms with Gasteiger partial charge in [-0.05, 0) is 55.3 Å². The minimum absolute atomic E-state index is 0.108. The number of hydrogen-bond donors (Lipinski definition) is 0. The largest absolute Gasteiger partial charge is 0.382 e. The van der Waals surface area contributed by atoms with Gasteiger partial charge in [-0.25, -0.2) is 4.98 Å². The summed E-state index contributed by atoms with van der Waals surface area (Å²) in [6, 6.07) is 15.8. The van der Waals surface area contributed by atoms with Gasteiger partial charge in [-0.2, -0.15) is 10.3 Å². The minimum Gasteiger partial charge on any atom is -0.382 e. The molecule has 0 aliphatic carbocycles. The van der Waals surface area contributed by atoms with E-state index in [1.807, 2.05) is 6.92 Å². The molecule has 1 amide bonds. The lowest BCUT2D eigenvalue weighted by Crippen LogP contribution is -2.29. The molecule has 0 atom stereocenters. The zero-order chi connectivity index (χ0) is 24.8. The standard InChI is InChI=1S/C26H22ClN5O3/c1-2-35-15-5-14-32-24(30-23(33)12-9-18-7-10-20(27)11-8-18)19(17-28)16-21-25(32)29-22-6-3-4-13-31(22)26(21)34/h3-4,6-13,16H,2,5,14-15H2,1H3/b12-9-,30-24?. The van der Waals surface area contributed by atoms with Crippen LogP contribution in [0.5, 0.6) is 0 Å². The van der Waals surface area contributed by atoms with Crippen LogP contribution < -0.4 is 11.0 Å². The van der Waals surface area contributed by atoms with Gasteiger partial charge in [-0.15, -0.1) is 0 Å². The van der Waals surface area contributed by atoms with E-state index in [1.165, 1.54) is 16.5 Å². The number of nitriles is 1. The number of carbonyl (C=O) groups excluding carboxylic acids is 1. The van der Waals surface area contributed by atoms with Crippen LogP contribution in [0, 0.1) is 11.3 Å². The van der Waals surface area contributed by atoms with E-state index in [9.17, 15) is 14.9 Å². The van der Waals surface area contributed by atoms with Gasteiger partial charge < -0.3 is 9.30 Å². The Labute approximate surface area is 206 Å². The van der Waals surface area contributed by atoms with Crippen LogP contribution in [0.15, 0.2) is 70.6 Å². The van der Waals surface area contributed by atoms with Gasteiger partial charge in [-0.1, -0.05) is 29.8 Å². The second-order valence-corrected chi connectivity index (χ2v) is 8.05. The molecule has 0 radical (unpaired) electrons. The van der Waals surface area contributed by atoms with Crippen molar-refractivity contribution in [2.75, 3.05) is 13.2 Å². The topological polar surface area (TPSA) is 102 Å². The van der Waals surface area contributed by atoms with E-state index in [0.29, 0.717) is 42.5 Å². The Morgan fingerprint density at radius 1 is 1.26 bits per heavy atom. The smallest absolute Gasteiger partial charge is 0.271 e. The Morgan fingerprint density at radius 3 is 2.80 bits per heavy atom. The van der Waals surface area contributed by atoms with Crippen molar-refractivity contribution >= 4 is 40.3 Å². The zero-order valence-corrected chi connectivity index (χ0v) is 19.8. The SMILES string of the molecule is CCOCCCn1c(=NC(=O)/C=C\c2ccc(Cl)cc2)c(C#N)cc2c(=O)n3ccccc3nc21. The molecule has 0 bridgehead atoms. The number of halogens is 1. The van der Waals surface area contributed by atoms with Crippen molar-refractivity contribution in [1.29, 1.82) is 5.26 Å². The van der Waals surface area contributed by atoms with E-state index >= 15 is 0 Å². The number of hydrogen-bond acceptors (Lipinski definition) is 5. The summed E-state index contributed by atoms with van der Waals surface area (Å²) in [5.41, 5.74) is 1.54. The summed E-state index contributed by atoms with van der Waals surface area (Å²) in [4.78, 5) is 34.8. The van der Waals surface area contributed by atoms with E-state index in [-0.39, 0.29) is 22.0 Å². The quantitative estimate of drug-likeness (QED) is 0.224. The van der Waals surface area contributed by atoms with Crippen LogP contribution in [-0.2, 0) is 16.1 Å².